The predicted octanol–water partition coefficient (Wildman–Crippen LogP) is 17.8. The maximum atomic E-state index is 10.5. The fourth-order valence-corrected chi connectivity index (χ4v) is 9.28. The fraction of sp³-hybridized carbons (Fsp3) is 0.887. The van der Waals surface area contributed by atoms with E-state index < -0.39 is 0 Å². The first-order chi connectivity index (χ1) is 26.1. The Bertz CT molecular complexity index is 1060. The van der Waals surface area contributed by atoms with E-state index in [1.54, 1.807) is 6.07 Å². The second kappa shape index (κ2) is 30.8. The van der Waals surface area contributed by atoms with Crippen molar-refractivity contribution in [3.63, 3.8) is 0 Å². The molecular formula is C53H100O2. The smallest absolute Gasteiger partial charge is 0.122 e. The van der Waals surface area contributed by atoms with Gasteiger partial charge in [-0.1, -0.05) is 223 Å². The molecule has 0 aliphatic heterocycles. The van der Waals surface area contributed by atoms with Crippen molar-refractivity contribution in [2.45, 2.75) is 250 Å². The molecule has 2 heteroatoms. The van der Waals surface area contributed by atoms with E-state index in [0.717, 1.165) is 76.9 Å². The van der Waals surface area contributed by atoms with Crippen molar-refractivity contribution in [3.05, 3.63) is 22.8 Å². The molecular weight excluding hydrogens is 669 g/mol. The monoisotopic (exact) mass is 769 g/mol. The van der Waals surface area contributed by atoms with Crippen molar-refractivity contribution in [1.29, 1.82) is 0 Å². The van der Waals surface area contributed by atoms with Crippen LogP contribution in [0.1, 0.15) is 246 Å². The summed E-state index contributed by atoms with van der Waals surface area (Å²) < 4.78 is 0. The number of hydrogen-bond donors (Lipinski definition) is 2. The van der Waals surface area contributed by atoms with Gasteiger partial charge in [0, 0.05) is 0 Å². The van der Waals surface area contributed by atoms with E-state index in [2.05, 4.69) is 69.2 Å². The Hall–Kier alpha value is -1.18. The lowest BCUT2D eigenvalue weighted by molar-refractivity contribution is 0.353. The van der Waals surface area contributed by atoms with Crippen LogP contribution >= 0.6 is 0 Å². The average molecular weight is 769 g/mol. The molecule has 1 aromatic rings. The fourth-order valence-electron chi connectivity index (χ4n) is 9.28. The van der Waals surface area contributed by atoms with Crippen LogP contribution < -0.4 is 0 Å². The molecule has 0 unspecified atom stereocenters. The molecule has 0 bridgehead atoms. The first-order valence-corrected chi connectivity index (χ1v) is 24.6. The third-order valence-electron chi connectivity index (χ3n) is 14.1. The van der Waals surface area contributed by atoms with Crippen LogP contribution in [0.2, 0.25) is 0 Å². The van der Waals surface area contributed by atoms with Crippen LogP contribution in [0.5, 0.6) is 11.5 Å². The van der Waals surface area contributed by atoms with E-state index in [9.17, 15) is 10.2 Å². The zero-order valence-corrected chi connectivity index (χ0v) is 39.6. The molecule has 0 amide bonds. The third kappa shape index (κ3) is 26.4. The molecule has 0 fully saturated rings. The van der Waals surface area contributed by atoms with Crippen molar-refractivity contribution in [1.82, 2.24) is 0 Å². The van der Waals surface area contributed by atoms with Crippen LogP contribution in [-0.4, -0.2) is 10.2 Å². The lowest BCUT2D eigenvalue weighted by Gasteiger charge is -2.18. The minimum atomic E-state index is 0.306. The summed E-state index contributed by atoms with van der Waals surface area (Å²) in [5.74, 6) is 8.42. The van der Waals surface area contributed by atoms with Gasteiger partial charge in [0.15, 0.2) is 0 Å². The van der Waals surface area contributed by atoms with Crippen LogP contribution in [0.15, 0.2) is 6.07 Å². The average Bonchev–Trinajstić information content (AvgIpc) is 3.11. The summed E-state index contributed by atoms with van der Waals surface area (Å²) in [4.78, 5) is 0. The van der Waals surface area contributed by atoms with Gasteiger partial charge in [-0.25, -0.2) is 0 Å². The van der Waals surface area contributed by atoms with Crippen molar-refractivity contribution >= 4 is 0 Å². The van der Waals surface area contributed by atoms with Gasteiger partial charge in [0.2, 0.25) is 0 Å². The highest BCUT2D eigenvalue weighted by molar-refractivity contribution is 5.51. The molecule has 0 aromatic heterocycles. The van der Waals surface area contributed by atoms with Crippen LogP contribution in [0.3, 0.4) is 0 Å². The van der Waals surface area contributed by atoms with Gasteiger partial charge in [-0.15, -0.1) is 0 Å². The zero-order chi connectivity index (χ0) is 41.2. The van der Waals surface area contributed by atoms with Gasteiger partial charge in [0.25, 0.3) is 0 Å². The van der Waals surface area contributed by atoms with Crippen LogP contribution in [0.4, 0.5) is 0 Å². The molecule has 0 heterocycles. The van der Waals surface area contributed by atoms with Crippen LogP contribution in [0, 0.1) is 67.1 Å². The number of hydrogen-bond acceptors (Lipinski definition) is 2. The molecule has 0 saturated carbocycles. The number of phenolic OH excluding ortho intramolecular Hbond substituents is 2. The Labute approximate surface area is 346 Å². The minimum Gasteiger partial charge on any atom is -0.508 e. The lowest BCUT2D eigenvalue weighted by Crippen LogP contribution is -2.03. The predicted molar refractivity (Wildman–Crippen MR) is 247 cm³/mol. The molecule has 0 spiro atoms. The summed E-state index contributed by atoms with van der Waals surface area (Å²) in [6.45, 7) is 28.3. The minimum absolute atomic E-state index is 0.306. The number of benzene rings is 1. The topological polar surface area (TPSA) is 40.5 Å². The molecule has 8 atom stereocenters. The largest absolute Gasteiger partial charge is 0.508 e. The first kappa shape index (κ1) is 51.8. The summed E-state index contributed by atoms with van der Waals surface area (Å²) in [6.07, 6.45) is 35.7. The summed E-state index contributed by atoms with van der Waals surface area (Å²) >= 11 is 0. The lowest BCUT2D eigenvalue weighted by atomic mass is 9.88. The molecule has 0 aliphatic carbocycles. The molecule has 0 radical (unpaired) electrons. The van der Waals surface area contributed by atoms with Gasteiger partial charge in [-0.2, -0.15) is 0 Å². The van der Waals surface area contributed by atoms with E-state index >= 15 is 0 Å². The number of rotatable bonds is 35. The standard InChI is InChI=1S/C53H100O2/c1-40(2)21-13-22-41(3)23-14-24-42(4)25-15-26-43(5)27-16-28-44(6)29-17-30-45(7)31-18-32-46(8)33-19-34-47(9)35-20-36-48(10)37-38-51-39-52(54)49(11)50(12)53(51)55/h39-48,54-55H,13-38H2,1-12H3/t41-,42+,43-,44-,45-,46-,47+,48+/m0/s1. The molecule has 1 rings (SSSR count). The second-order valence-electron chi connectivity index (χ2n) is 20.9. The molecule has 0 aliphatic rings. The summed E-state index contributed by atoms with van der Waals surface area (Å²) in [5.41, 5.74) is 2.49. The van der Waals surface area contributed by atoms with Gasteiger partial charge in [-0.3, -0.25) is 0 Å². The van der Waals surface area contributed by atoms with Crippen LogP contribution in [-0.2, 0) is 6.42 Å². The number of aryl methyl sites for hydroxylation is 1. The quantitative estimate of drug-likeness (QED) is 0.0675. The normalized spacial score (nSPS) is 16.5. The van der Waals surface area contributed by atoms with Crippen LogP contribution in [0.25, 0.3) is 0 Å². The molecule has 324 valence electrons. The Morgan fingerprint density at radius 2 is 0.582 bits per heavy atom. The maximum Gasteiger partial charge on any atom is 0.122 e. The highest BCUT2D eigenvalue weighted by Crippen LogP contribution is 2.34. The third-order valence-corrected chi connectivity index (χ3v) is 14.1. The van der Waals surface area contributed by atoms with E-state index in [0.29, 0.717) is 17.4 Å². The van der Waals surface area contributed by atoms with Crippen molar-refractivity contribution < 1.29 is 10.2 Å². The molecule has 1 aromatic carbocycles. The SMILES string of the molecule is Cc1c(O)cc(CC[C@H](C)CCC[C@H](C)CCC[C@@H](C)CCC[C@@H](C)CCC[C@@H](C)CCC[C@@H](C)CCC[C@H](C)CCC[C@@H](C)CCCC(C)C)c(O)c1C. The van der Waals surface area contributed by atoms with E-state index in [4.69, 9.17) is 0 Å². The van der Waals surface area contributed by atoms with Crippen molar-refractivity contribution in [2.75, 3.05) is 0 Å². The molecule has 2 nitrogen and oxygen atoms in total. The van der Waals surface area contributed by atoms with Gasteiger partial charge in [0.1, 0.15) is 11.5 Å². The Kier molecular flexibility index (Phi) is 29.1. The highest BCUT2D eigenvalue weighted by Gasteiger charge is 2.14. The van der Waals surface area contributed by atoms with E-state index in [1.807, 2.05) is 13.8 Å². The highest BCUT2D eigenvalue weighted by atomic mass is 16.3. The molecule has 55 heavy (non-hydrogen) atoms. The van der Waals surface area contributed by atoms with Gasteiger partial charge >= 0.3 is 0 Å². The maximum absolute atomic E-state index is 10.5. The number of aromatic hydroxyl groups is 2. The molecule has 2 N–H and O–H groups in total. The summed E-state index contributed by atoms with van der Waals surface area (Å²) in [7, 11) is 0. The molecule has 0 saturated heterocycles. The summed E-state index contributed by atoms with van der Waals surface area (Å²) in [6, 6.07) is 1.76. The summed E-state index contributed by atoms with van der Waals surface area (Å²) in [5, 5.41) is 20.7. The Morgan fingerprint density at radius 1 is 0.345 bits per heavy atom. The van der Waals surface area contributed by atoms with Crippen molar-refractivity contribution in [2.24, 2.45) is 53.3 Å². The van der Waals surface area contributed by atoms with Crippen molar-refractivity contribution in [3.8, 4) is 11.5 Å². The van der Waals surface area contributed by atoms with Gasteiger partial charge in [-0.05, 0) is 103 Å². The Morgan fingerprint density at radius 3 is 0.836 bits per heavy atom. The van der Waals surface area contributed by atoms with E-state index in [-0.39, 0.29) is 0 Å². The van der Waals surface area contributed by atoms with Gasteiger partial charge in [0.05, 0.1) is 0 Å². The van der Waals surface area contributed by atoms with E-state index in [1.165, 1.54) is 154 Å². The first-order valence-electron chi connectivity index (χ1n) is 24.6. The Balaban J connectivity index is 2.01. The second-order valence-corrected chi connectivity index (χ2v) is 20.9. The number of phenols is 2. The van der Waals surface area contributed by atoms with Gasteiger partial charge < -0.3 is 10.2 Å². The zero-order valence-electron chi connectivity index (χ0n) is 39.6.